The molecule has 0 radical (unpaired) electrons. The molecule has 0 saturated carbocycles. The maximum absolute atomic E-state index is 14.0. The molecular weight excluding hydrogens is 293 g/mol. The van der Waals surface area contributed by atoms with Crippen molar-refractivity contribution >= 4 is 15.9 Å². The van der Waals surface area contributed by atoms with Gasteiger partial charge in [-0.15, -0.1) is 0 Å². The Hall–Kier alpha value is -1.19. The van der Waals surface area contributed by atoms with E-state index in [1.807, 2.05) is 26.0 Å². The number of aryl methyl sites for hydroxylation is 2. The summed E-state index contributed by atoms with van der Waals surface area (Å²) in [6.07, 6.45) is 0. The van der Waals surface area contributed by atoms with Gasteiger partial charge in [0, 0.05) is 5.56 Å². The van der Waals surface area contributed by atoms with E-state index in [4.69, 9.17) is 5.73 Å². The van der Waals surface area contributed by atoms with Crippen LogP contribution in [0, 0.1) is 19.7 Å². The first-order valence-corrected chi connectivity index (χ1v) is 6.56. The fourth-order valence-electron chi connectivity index (χ4n) is 2.13. The molecule has 0 aromatic heterocycles. The average molecular weight is 308 g/mol. The normalized spacial score (nSPS) is 12.5. The third-order valence-corrected chi connectivity index (χ3v) is 3.53. The molecule has 1 atom stereocenters. The first-order chi connectivity index (χ1) is 8.49. The molecule has 0 bridgehead atoms. The van der Waals surface area contributed by atoms with Gasteiger partial charge in [-0.3, -0.25) is 0 Å². The summed E-state index contributed by atoms with van der Waals surface area (Å²) in [5.41, 5.74) is 9.88. The molecule has 1 unspecified atom stereocenters. The zero-order valence-electron chi connectivity index (χ0n) is 10.4. The third kappa shape index (κ3) is 2.62. The molecule has 2 N–H and O–H groups in total. The van der Waals surface area contributed by atoms with Crippen LogP contribution in [-0.2, 0) is 0 Å². The van der Waals surface area contributed by atoms with Crippen LogP contribution in [0.3, 0.4) is 0 Å². The smallest absolute Gasteiger partial charge is 0.142 e. The molecule has 0 spiro atoms. The van der Waals surface area contributed by atoms with E-state index in [0.717, 1.165) is 16.7 Å². The van der Waals surface area contributed by atoms with Gasteiger partial charge in [-0.1, -0.05) is 41.5 Å². The molecule has 0 heterocycles. The summed E-state index contributed by atoms with van der Waals surface area (Å²) in [4.78, 5) is 0. The SMILES string of the molecule is Cc1cc(C)cc(C(N)c2cccc(Br)c2F)c1. The van der Waals surface area contributed by atoms with Gasteiger partial charge >= 0.3 is 0 Å². The average Bonchev–Trinajstić information content (AvgIpc) is 2.30. The van der Waals surface area contributed by atoms with Gasteiger partial charge in [-0.2, -0.15) is 0 Å². The Morgan fingerprint density at radius 3 is 2.33 bits per heavy atom. The first-order valence-electron chi connectivity index (χ1n) is 5.76. The van der Waals surface area contributed by atoms with E-state index in [-0.39, 0.29) is 5.82 Å². The highest BCUT2D eigenvalue weighted by Crippen LogP contribution is 2.27. The molecule has 2 aromatic rings. The van der Waals surface area contributed by atoms with Crippen LogP contribution in [0.1, 0.15) is 28.3 Å². The van der Waals surface area contributed by atoms with Crippen LogP contribution in [0.5, 0.6) is 0 Å². The Kier molecular flexibility index (Phi) is 3.83. The molecule has 0 amide bonds. The molecule has 2 rings (SSSR count). The Morgan fingerprint density at radius 2 is 1.72 bits per heavy atom. The largest absolute Gasteiger partial charge is 0.320 e. The topological polar surface area (TPSA) is 26.0 Å². The van der Waals surface area contributed by atoms with Crippen LogP contribution in [0.4, 0.5) is 4.39 Å². The van der Waals surface area contributed by atoms with Crippen molar-refractivity contribution in [3.05, 3.63) is 68.9 Å². The van der Waals surface area contributed by atoms with E-state index in [9.17, 15) is 4.39 Å². The van der Waals surface area contributed by atoms with Crippen LogP contribution in [-0.4, -0.2) is 0 Å². The van der Waals surface area contributed by atoms with Crippen molar-refractivity contribution in [1.29, 1.82) is 0 Å². The molecule has 1 nitrogen and oxygen atoms in total. The minimum Gasteiger partial charge on any atom is -0.320 e. The molecule has 2 aromatic carbocycles. The Bertz CT molecular complexity index is 560. The number of nitrogens with two attached hydrogens (primary N) is 1. The lowest BCUT2D eigenvalue weighted by Gasteiger charge is -2.15. The van der Waals surface area contributed by atoms with E-state index in [2.05, 4.69) is 22.0 Å². The second-order valence-electron chi connectivity index (χ2n) is 4.54. The van der Waals surface area contributed by atoms with Gasteiger partial charge in [0.1, 0.15) is 5.82 Å². The third-order valence-electron chi connectivity index (χ3n) is 2.92. The van der Waals surface area contributed by atoms with Crippen molar-refractivity contribution in [1.82, 2.24) is 0 Å². The van der Waals surface area contributed by atoms with Gasteiger partial charge in [0.25, 0.3) is 0 Å². The maximum Gasteiger partial charge on any atom is 0.142 e. The maximum atomic E-state index is 14.0. The van der Waals surface area contributed by atoms with Gasteiger partial charge in [0.2, 0.25) is 0 Å². The summed E-state index contributed by atoms with van der Waals surface area (Å²) in [6, 6.07) is 10.8. The summed E-state index contributed by atoms with van der Waals surface area (Å²) >= 11 is 3.19. The van der Waals surface area contributed by atoms with Gasteiger partial charge < -0.3 is 5.73 Å². The number of benzene rings is 2. The molecule has 0 aliphatic rings. The predicted octanol–water partition coefficient (Wildman–Crippen LogP) is 4.25. The van der Waals surface area contributed by atoms with E-state index in [0.29, 0.717) is 10.0 Å². The standard InChI is InChI=1S/C15H15BrFN/c1-9-6-10(2)8-11(7-9)15(18)12-4-3-5-13(16)14(12)17/h3-8,15H,18H2,1-2H3. The molecule has 0 aliphatic carbocycles. The van der Waals surface area contributed by atoms with Gasteiger partial charge in [-0.05, 0) is 41.4 Å². The summed E-state index contributed by atoms with van der Waals surface area (Å²) in [5, 5.41) is 0. The van der Waals surface area contributed by atoms with E-state index < -0.39 is 6.04 Å². The molecule has 0 fully saturated rings. The highest BCUT2D eigenvalue weighted by molar-refractivity contribution is 9.10. The van der Waals surface area contributed by atoms with Gasteiger partial charge in [0.15, 0.2) is 0 Å². The minimum absolute atomic E-state index is 0.288. The molecule has 0 aliphatic heterocycles. The molecule has 0 saturated heterocycles. The van der Waals surface area contributed by atoms with Crippen molar-refractivity contribution < 1.29 is 4.39 Å². The Morgan fingerprint density at radius 1 is 1.11 bits per heavy atom. The first kappa shape index (κ1) is 13.2. The van der Waals surface area contributed by atoms with Crippen molar-refractivity contribution in [2.24, 2.45) is 5.73 Å². The van der Waals surface area contributed by atoms with Crippen molar-refractivity contribution in [2.45, 2.75) is 19.9 Å². The Labute approximate surface area is 115 Å². The van der Waals surface area contributed by atoms with Crippen LogP contribution >= 0.6 is 15.9 Å². The molecular formula is C15H15BrFN. The molecule has 3 heteroatoms. The lowest BCUT2D eigenvalue weighted by Crippen LogP contribution is -2.14. The van der Waals surface area contributed by atoms with Crippen LogP contribution in [0.2, 0.25) is 0 Å². The monoisotopic (exact) mass is 307 g/mol. The van der Waals surface area contributed by atoms with Crippen molar-refractivity contribution in [2.75, 3.05) is 0 Å². The Balaban J connectivity index is 2.47. The number of hydrogen-bond donors (Lipinski definition) is 1. The van der Waals surface area contributed by atoms with Crippen molar-refractivity contribution in [3.8, 4) is 0 Å². The van der Waals surface area contributed by atoms with Crippen LogP contribution < -0.4 is 5.73 Å². The fourth-order valence-corrected chi connectivity index (χ4v) is 2.51. The van der Waals surface area contributed by atoms with E-state index >= 15 is 0 Å². The second-order valence-corrected chi connectivity index (χ2v) is 5.40. The predicted molar refractivity (Wildman–Crippen MR) is 76.0 cm³/mol. The lowest BCUT2D eigenvalue weighted by atomic mass is 9.96. The van der Waals surface area contributed by atoms with Gasteiger partial charge in [0.05, 0.1) is 10.5 Å². The highest BCUT2D eigenvalue weighted by atomic mass is 79.9. The van der Waals surface area contributed by atoms with E-state index in [1.54, 1.807) is 18.2 Å². The van der Waals surface area contributed by atoms with E-state index in [1.165, 1.54) is 0 Å². The summed E-state index contributed by atoms with van der Waals surface area (Å²) in [5.74, 6) is -0.288. The lowest BCUT2D eigenvalue weighted by molar-refractivity contribution is 0.593. The van der Waals surface area contributed by atoms with Crippen molar-refractivity contribution in [3.63, 3.8) is 0 Å². The molecule has 18 heavy (non-hydrogen) atoms. The summed E-state index contributed by atoms with van der Waals surface area (Å²) in [6.45, 7) is 4.03. The zero-order valence-corrected chi connectivity index (χ0v) is 12.0. The second kappa shape index (κ2) is 5.21. The number of hydrogen-bond acceptors (Lipinski definition) is 1. The zero-order chi connectivity index (χ0) is 13.3. The summed E-state index contributed by atoms with van der Waals surface area (Å²) < 4.78 is 14.5. The number of rotatable bonds is 2. The minimum atomic E-state index is -0.443. The number of halogens is 2. The fraction of sp³-hybridized carbons (Fsp3) is 0.200. The van der Waals surface area contributed by atoms with Crippen LogP contribution in [0.25, 0.3) is 0 Å². The quantitative estimate of drug-likeness (QED) is 0.881. The molecule has 94 valence electrons. The van der Waals surface area contributed by atoms with Crippen LogP contribution in [0.15, 0.2) is 40.9 Å². The van der Waals surface area contributed by atoms with Gasteiger partial charge in [-0.25, -0.2) is 4.39 Å². The highest BCUT2D eigenvalue weighted by Gasteiger charge is 2.15. The summed E-state index contributed by atoms with van der Waals surface area (Å²) in [7, 11) is 0.